The van der Waals surface area contributed by atoms with Gasteiger partial charge in [0.1, 0.15) is 11.6 Å². The Kier molecular flexibility index (Phi) is 4.58. The Morgan fingerprint density at radius 3 is 3.12 bits per heavy atom. The van der Waals surface area contributed by atoms with Crippen LogP contribution < -0.4 is 5.32 Å². The third-order valence-electron chi connectivity index (χ3n) is 2.26. The molecule has 0 aliphatic carbocycles. The molecule has 1 atom stereocenters. The van der Waals surface area contributed by atoms with Crippen molar-refractivity contribution in [2.45, 2.75) is 24.2 Å². The number of aryl methyl sites for hydroxylation is 1. The van der Waals surface area contributed by atoms with E-state index in [0.29, 0.717) is 0 Å². The molecule has 2 aromatic rings. The molecule has 2 rings (SSSR count). The molecule has 0 saturated carbocycles. The molecule has 2 aromatic heterocycles. The zero-order chi connectivity index (χ0) is 12.1. The Morgan fingerprint density at radius 2 is 2.47 bits per heavy atom. The van der Waals surface area contributed by atoms with E-state index in [9.17, 15) is 0 Å². The van der Waals surface area contributed by atoms with Crippen LogP contribution in [0.15, 0.2) is 27.2 Å². The molecule has 6 heteroatoms. The standard InChI is InChI=1S/C11H15N3OS2/c1-8(10-4-3-6-15-10)12-5-7-16-11-13-9(2)14-17-11/h3-4,6,8,12H,5,7H2,1-2H3. The van der Waals surface area contributed by atoms with E-state index >= 15 is 0 Å². The molecule has 2 heterocycles. The van der Waals surface area contributed by atoms with Crippen molar-refractivity contribution in [2.75, 3.05) is 12.3 Å². The second kappa shape index (κ2) is 6.18. The topological polar surface area (TPSA) is 51.0 Å². The van der Waals surface area contributed by atoms with Crippen molar-refractivity contribution in [1.29, 1.82) is 0 Å². The molecule has 0 amide bonds. The van der Waals surface area contributed by atoms with Gasteiger partial charge in [-0.25, -0.2) is 4.98 Å². The molecule has 0 aliphatic rings. The van der Waals surface area contributed by atoms with Crippen LogP contribution in [0.4, 0.5) is 0 Å². The van der Waals surface area contributed by atoms with E-state index in [2.05, 4.69) is 21.6 Å². The molecule has 0 fully saturated rings. The maximum atomic E-state index is 5.32. The minimum Gasteiger partial charge on any atom is -0.468 e. The first-order chi connectivity index (χ1) is 8.25. The lowest BCUT2D eigenvalue weighted by atomic mass is 10.2. The smallest absolute Gasteiger partial charge is 0.170 e. The SMILES string of the molecule is Cc1nsc(SCCNC(C)c2ccco2)n1. The molecule has 0 aliphatic heterocycles. The van der Waals surface area contributed by atoms with Crippen LogP contribution in [-0.4, -0.2) is 21.7 Å². The van der Waals surface area contributed by atoms with E-state index in [4.69, 9.17) is 4.42 Å². The summed E-state index contributed by atoms with van der Waals surface area (Å²) in [4.78, 5) is 4.30. The number of nitrogens with one attached hydrogen (secondary N) is 1. The number of nitrogens with zero attached hydrogens (tertiary/aromatic N) is 2. The minimum atomic E-state index is 0.252. The van der Waals surface area contributed by atoms with Gasteiger partial charge in [-0.3, -0.25) is 0 Å². The Morgan fingerprint density at radius 1 is 1.59 bits per heavy atom. The Bertz CT molecular complexity index is 441. The van der Waals surface area contributed by atoms with Crippen molar-refractivity contribution in [3.05, 3.63) is 30.0 Å². The van der Waals surface area contributed by atoms with Gasteiger partial charge < -0.3 is 9.73 Å². The second-order valence-corrected chi connectivity index (χ2v) is 5.74. The monoisotopic (exact) mass is 269 g/mol. The number of hydrogen-bond donors (Lipinski definition) is 1. The van der Waals surface area contributed by atoms with Crippen LogP contribution in [0.5, 0.6) is 0 Å². The van der Waals surface area contributed by atoms with Gasteiger partial charge >= 0.3 is 0 Å². The lowest BCUT2D eigenvalue weighted by Crippen LogP contribution is -2.20. The second-order valence-electron chi connectivity index (χ2n) is 3.65. The lowest BCUT2D eigenvalue weighted by Gasteiger charge is -2.09. The maximum Gasteiger partial charge on any atom is 0.170 e. The quantitative estimate of drug-likeness (QED) is 0.645. The van der Waals surface area contributed by atoms with Gasteiger partial charge in [0.25, 0.3) is 0 Å². The number of hydrogen-bond acceptors (Lipinski definition) is 6. The average molecular weight is 269 g/mol. The van der Waals surface area contributed by atoms with Crippen LogP contribution >= 0.6 is 23.3 Å². The van der Waals surface area contributed by atoms with E-state index < -0.39 is 0 Å². The predicted octanol–water partition coefficient (Wildman–Crippen LogP) is 2.88. The zero-order valence-corrected chi connectivity index (χ0v) is 11.5. The van der Waals surface area contributed by atoms with Crippen molar-refractivity contribution in [1.82, 2.24) is 14.7 Å². The summed E-state index contributed by atoms with van der Waals surface area (Å²) in [5.41, 5.74) is 0. The Hall–Kier alpha value is -0.850. The summed E-state index contributed by atoms with van der Waals surface area (Å²) in [6, 6.07) is 4.15. The number of furan rings is 1. The van der Waals surface area contributed by atoms with Crippen LogP contribution in [0.3, 0.4) is 0 Å². The van der Waals surface area contributed by atoms with Crippen LogP contribution in [0.25, 0.3) is 0 Å². The third-order valence-corrected chi connectivity index (χ3v) is 4.18. The fourth-order valence-electron chi connectivity index (χ4n) is 1.39. The van der Waals surface area contributed by atoms with E-state index in [-0.39, 0.29) is 6.04 Å². The highest BCUT2D eigenvalue weighted by molar-refractivity contribution is 8.00. The summed E-state index contributed by atoms with van der Waals surface area (Å²) in [6.07, 6.45) is 1.70. The van der Waals surface area contributed by atoms with Gasteiger partial charge in [-0.2, -0.15) is 4.37 Å². The van der Waals surface area contributed by atoms with Crippen LogP contribution in [0.2, 0.25) is 0 Å². The first-order valence-corrected chi connectivity index (χ1v) is 7.21. The molecule has 1 unspecified atom stereocenters. The first kappa shape index (κ1) is 12.6. The van der Waals surface area contributed by atoms with Gasteiger partial charge in [0.2, 0.25) is 0 Å². The molecule has 0 bridgehead atoms. The molecular weight excluding hydrogens is 254 g/mol. The lowest BCUT2D eigenvalue weighted by molar-refractivity contribution is 0.438. The largest absolute Gasteiger partial charge is 0.468 e. The minimum absolute atomic E-state index is 0.252. The van der Waals surface area contributed by atoms with E-state index in [1.807, 2.05) is 19.1 Å². The maximum absolute atomic E-state index is 5.32. The van der Waals surface area contributed by atoms with Gasteiger partial charge in [-0.1, -0.05) is 11.8 Å². The van der Waals surface area contributed by atoms with E-state index in [0.717, 1.165) is 28.2 Å². The summed E-state index contributed by atoms with van der Waals surface area (Å²) >= 11 is 3.19. The van der Waals surface area contributed by atoms with Crippen molar-refractivity contribution in [3.63, 3.8) is 0 Å². The summed E-state index contributed by atoms with van der Waals surface area (Å²) in [5.74, 6) is 2.82. The van der Waals surface area contributed by atoms with Crippen molar-refractivity contribution in [3.8, 4) is 0 Å². The molecule has 0 saturated heterocycles. The average Bonchev–Trinajstić information content (AvgIpc) is 2.95. The van der Waals surface area contributed by atoms with E-state index in [1.165, 1.54) is 11.5 Å². The van der Waals surface area contributed by atoms with Crippen molar-refractivity contribution in [2.24, 2.45) is 0 Å². The van der Waals surface area contributed by atoms with Gasteiger partial charge in [0.15, 0.2) is 4.34 Å². The molecule has 4 nitrogen and oxygen atoms in total. The highest BCUT2D eigenvalue weighted by atomic mass is 32.2. The normalized spacial score (nSPS) is 12.8. The van der Waals surface area contributed by atoms with Gasteiger partial charge in [0, 0.05) is 12.3 Å². The summed E-state index contributed by atoms with van der Waals surface area (Å²) in [7, 11) is 0. The zero-order valence-electron chi connectivity index (χ0n) is 9.84. The van der Waals surface area contributed by atoms with Crippen LogP contribution in [0, 0.1) is 6.92 Å². The molecule has 0 spiro atoms. The number of aromatic nitrogens is 2. The summed E-state index contributed by atoms with van der Waals surface area (Å²) in [5, 5.41) is 3.40. The summed E-state index contributed by atoms with van der Waals surface area (Å²) < 4.78 is 10.5. The Labute approximate surface area is 109 Å². The fourth-order valence-corrected chi connectivity index (χ4v) is 2.98. The number of rotatable bonds is 6. The van der Waals surface area contributed by atoms with Crippen molar-refractivity contribution < 1.29 is 4.42 Å². The molecule has 0 aromatic carbocycles. The van der Waals surface area contributed by atoms with Gasteiger partial charge in [0.05, 0.1) is 12.3 Å². The molecule has 0 radical (unpaired) electrons. The molecule has 1 N–H and O–H groups in total. The molecular formula is C11H15N3OS2. The van der Waals surface area contributed by atoms with Crippen molar-refractivity contribution >= 4 is 23.3 Å². The fraction of sp³-hybridized carbons (Fsp3) is 0.455. The first-order valence-electron chi connectivity index (χ1n) is 5.45. The van der Waals surface area contributed by atoms with Gasteiger partial charge in [-0.05, 0) is 37.5 Å². The summed E-state index contributed by atoms with van der Waals surface area (Å²) in [6.45, 7) is 4.93. The van der Waals surface area contributed by atoms with Crippen LogP contribution in [0.1, 0.15) is 24.6 Å². The van der Waals surface area contributed by atoms with E-state index in [1.54, 1.807) is 18.0 Å². The third kappa shape index (κ3) is 3.83. The van der Waals surface area contributed by atoms with Gasteiger partial charge in [-0.15, -0.1) is 0 Å². The molecule has 92 valence electrons. The highest BCUT2D eigenvalue weighted by Gasteiger charge is 2.07. The number of thioether (sulfide) groups is 1. The molecule has 17 heavy (non-hydrogen) atoms. The predicted molar refractivity (Wildman–Crippen MR) is 70.5 cm³/mol. The van der Waals surface area contributed by atoms with Crippen LogP contribution in [-0.2, 0) is 0 Å². The Balaban J connectivity index is 1.66. The highest BCUT2D eigenvalue weighted by Crippen LogP contribution is 2.19.